The monoisotopic (exact) mass is 482 g/mol. The van der Waals surface area contributed by atoms with E-state index in [0.717, 1.165) is 10.1 Å². The standard InChI is InChI=1S/C22H22N6O5S/c1-14-4-10-17(11-5-14)34(32,33)25-16-8-6-15(7-9-16)24-18(29)12-28-21(30)19-20(23-13-26(19)2)27(3)22(28)31/h4-11,13,25H,12H2,1-3H3,(H,24,29). The van der Waals surface area contributed by atoms with Gasteiger partial charge in [0.2, 0.25) is 5.91 Å². The second-order valence-corrected chi connectivity index (χ2v) is 9.49. The molecule has 2 aromatic carbocycles. The molecule has 2 heterocycles. The first-order valence-corrected chi connectivity index (χ1v) is 11.7. The van der Waals surface area contributed by atoms with Crippen LogP contribution in [0, 0.1) is 6.92 Å². The predicted molar refractivity (Wildman–Crippen MR) is 127 cm³/mol. The minimum absolute atomic E-state index is 0.132. The summed E-state index contributed by atoms with van der Waals surface area (Å²) in [5, 5.41) is 2.60. The first kappa shape index (κ1) is 23.0. The van der Waals surface area contributed by atoms with Crippen LogP contribution in [0.5, 0.6) is 0 Å². The summed E-state index contributed by atoms with van der Waals surface area (Å²) in [5.74, 6) is -0.589. The quantitative estimate of drug-likeness (QED) is 0.423. The van der Waals surface area contributed by atoms with Gasteiger partial charge in [0.05, 0.1) is 11.2 Å². The second kappa shape index (κ2) is 8.63. The lowest BCUT2D eigenvalue weighted by molar-refractivity contribution is -0.116. The Morgan fingerprint density at radius 2 is 1.59 bits per heavy atom. The largest absolute Gasteiger partial charge is 0.332 e. The predicted octanol–water partition coefficient (Wildman–Crippen LogP) is 1.18. The first-order valence-electron chi connectivity index (χ1n) is 10.2. The Morgan fingerprint density at radius 1 is 0.971 bits per heavy atom. The fourth-order valence-electron chi connectivity index (χ4n) is 3.43. The van der Waals surface area contributed by atoms with Crippen molar-refractivity contribution in [1.29, 1.82) is 0 Å². The van der Waals surface area contributed by atoms with Gasteiger partial charge in [-0.1, -0.05) is 17.7 Å². The molecule has 0 bridgehead atoms. The lowest BCUT2D eigenvalue weighted by atomic mass is 10.2. The van der Waals surface area contributed by atoms with E-state index in [4.69, 9.17) is 0 Å². The van der Waals surface area contributed by atoms with Gasteiger partial charge in [-0.05, 0) is 43.3 Å². The van der Waals surface area contributed by atoms with Crippen molar-refractivity contribution in [3.8, 4) is 0 Å². The van der Waals surface area contributed by atoms with Crippen molar-refractivity contribution in [3.63, 3.8) is 0 Å². The van der Waals surface area contributed by atoms with Gasteiger partial charge in [0.25, 0.3) is 15.6 Å². The number of aryl methyl sites for hydroxylation is 3. The summed E-state index contributed by atoms with van der Waals surface area (Å²) in [7, 11) is -0.657. The van der Waals surface area contributed by atoms with E-state index in [9.17, 15) is 22.8 Å². The first-order chi connectivity index (χ1) is 16.1. The maximum Gasteiger partial charge on any atom is 0.332 e. The van der Waals surface area contributed by atoms with Crippen LogP contribution in [0.2, 0.25) is 0 Å². The highest BCUT2D eigenvalue weighted by Gasteiger charge is 2.17. The summed E-state index contributed by atoms with van der Waals surface area (Å²) >= 11 is 0. The highest BCUT2D eigenvalue weighted by Crippen LogP contribution is 2.19. The molecular formula is C22H22N6O5S. The number of fused-ring (bicyclic) bond motifs is 1. The number of hydrogen-bond donors (Lipinski definition) is 2. The summed E-state index contributed by atoms with van der Waals surface area (Å²) in [6, 6.07) is 12.5. The zero-order valence-corrected chi connectivity index (χ0v) is 19.5. The maximum absolute atomic E-state index is 12.7. The van der Waals surface area contributed by atoms with E-state index in [1.807, 2.05) is 6.92 Å². The third kappa shape index (κ3) is 4.35. The number of carbonyl (C=O) groups is 1. The summed E-state index contributed by atoms with van der Waals surface area (Å²) < 4.78 is 31.0. The molecule has 1 amide bonds. The lowest BCUT2D eigenvalue weighted by Gasteiger charge is -2.11. The smallest absolute Gasteiger partial charge is 0.328 e. The van der Waals surface area contributed by atoms with Gasteiger partial charge < -0.3 is 9.88 Å². The molecule has 176 valence electrons. The molecule has 0 saturated carbocycles. The molecular weight excluding hydrogens is 460 g/mol. The summed E-state index contributed by atoms with van der Waals surface area (Å²) in [4.78, 5) is 42.0. The van der Waals surface area contributed by atoms with Crippen molar-refractivity contribution in [1.82, 2.24) is 18.7 Å². The van der Waals surface area contributed by atoms with Crippen molar-refractivity contribution >= 4 is 38.5 Å². The Hall–Kier alpha value is -4.19. The molecule has 0 aliphatic heterocycles. The maximum atomic E-state index is 12.7. The molecule has 4 aromatic rings. The van der Waals surface area contributed by atoms with Crippen LogP contribution in [0.25, 0.3) is 11.2 Å². The van der Waals surface area contributed by atoms with Crippen molar-refractivity contribution in [2.24, 2.45) is 14.1 Å². The summed E-state index contributed by atoms with van der Waals surface area (Å²) in [6.07, 6.45) is 1.42. The van der Waals surface area contributed by atoms with Crippen LogP contribution in [-0.4, -0.2) is 33.0 Å². The Labute approximate surface area is 194 Å². The topological polar surface area (TPSA) is 137 Å². The molecule has 0 aliphatic carbocycles. The van der Waals surface area contributed by atoms with Crippen molar-refractivity contribution in [2.75, 3.05) is 10.0 Å². The van der Waals surface area contributed by atoms with Crippen LogP contribution in [-0.2, 0) is 35.5 Å². The number of aromatic nitrogens is 4. The van der Waals surface area contributed by atoms with Gasteiger partial charge in [-0.3, -0.25) is 18.9 Å². The van der Waals surface area contributed by atoms with Gasteiger partial charge >= 0.3 is 5.69 Å². The Kier molecular flexibility index (Phi) is 5.83. The average Bonchev–Trinajstić information content (AvgIpc) is 3.18. The van der Waals surface area contributed by atoms with Crippen molar-refractivity contribution in [2.45, 2.75) is 18.4 Å². The number of hydrogen-bond acceptors (Lipinski definition) is 6. The number of sulfonamides is 1. The third-order valence-corrected chi connectivity index (χ3v) is 6.65. The molecule has 2 N–H and O–H groups in total. The number of rotatable bonds is 6. The molecule has 0 unspecified atom stereocenters. The van der Waals surface area contributed by atoms with Crippen LogP contribution in [0.4, 0.5) is 11.4 Å². The van der Waals surface area contributed by atoms with Crippen LogP contribution in [0.3, 0.4) is 0 Å². The molecule has 0 atom stereocenters. The number of amides is 1. The zero-order chi connectivity index (χ0) is 24.6. The number of nitrogens with one attached hydrogen (secondary N) is 2. The average molecular weight is 483 g/mol. The second-order valence-electron chi connectivity index (χ2n) is 7.80. The molecule has 12 heteroatoms. The van der Waals surface area contributed by atoms with E-state index in [0.29, 0.717) is 11.4 Å². The molecule has 4 rings (SSSR count). The van der Waals surface area contributed by atoms with Crippen LogP contribution in [0.1, 0.15) is 5.56 Å². The number of nitrogens with zero attached hydrogens (tertiary/aromatic N) is 4. The van der Waals surface area contributed by atoms with E-state index in [1.54, 1.807) is 19.2 Å². The van der Waals surface area contributed by atoms with E-state index in [2.05, 4.69) is 15.0 Å². The molecule has 34 heavy (non-hydrogen) atoms. The summed E-state index contributed by atoms with van der Waals surface area (Å²) in [5.41, 5.74) is 0.791. The van der Waals surface area contributed by atoms with Crippen molar-refractivity contribution < 1.29 is 13.2 Å². The molecule has 11 nitrogen and oxygen atoms in total. The number of carbonyl (C=O) groups excluding carboxylic acids is 1. The van der Waals surface area contributed by atoms with Gasteiger partial charge in [0.15, 0.2) is 11.2 Å². The minimum atomic E-state index is -3.76. The number of imidazole rings is 1. The Balaban J connectivity index is 1.49. The van der Waals surface area contributed by atoms with E-state index in [-0.39, 0.29) is 16.1 Å². The fourth-order valence-corrected chi connectivity index (χ4v) is 4.49. The lowest BCUT2D eigenvalue weighted by Crippen LogP contribution is -2.42. The van der Waals surface area contributed by atoms with Gasteiger partial charge in [-0.2, -0.15) is 0 Å². The molecule has 0 spiro atoms. The molecule has 0 saturated heterocycles. The highest BCUT2D eigenvalue weighted by atomic mass is 32.2. The fraction of sp³-hybridized carbons (Fsp3) is 0.182. The highest BCUT2D eigenvalue weighted by molar-refractivity contribution is 7.92. The molecule has 2 aromatic heterocycles. The molecule has 0 aliphatic rings. The van der Waals surface area contributed by atoms with Gasteiger partial charge in [0.1, 0.15) is 6.54 Å². The van der Waals surface area contributed by atoms with Gasteiger partial charge in [0, 0.05) is 25.5 Å². The minimum Gasteiger partial charge on any atom is -0.328 e. The van der Waals surface area contributed by atoms with Crippen LogP contribution in [0.15, 0.2) is 69.3 Å². The van der Waals surface area contributed by atoms with Crippen LogP contribution >= 0.6 is 0 Å². The van der Waals surface area contributed by atoms with E-state index < -0.39 is 33.7 Å². The normalized spacial score (nSPS) is 11.5. The Morgan fingerprint density at radius 3 is 2.24 bits per heavy atom. The molecule has 0 fully saturated rings. The van der Waals surface area contributed by atoms with Crippen LogP contribution < -0.4 is 21.3 Å². The van der Waals surface area contributed by atoms with E-state index >= 15 is 0 Å². The summed E-state index contributed by atoms with van der Waals surface area (Å²) in [6.45, 7) is 1.37. The SMILES string of the molecule is Cc1ccc(S(=O)(=O)Nc2ccc(NC(=O)Cn3c(=O)c4c(ncn4C)n(C)c3=O)cc2)cc1. The third-order valence-electron chi connectivity index (χ3n) is 5.25. The number of benzene rings is 2. The zero-order valence-electron chi connectivity index (χ0n) is 18.6. The number of anilines is 2. The Bertz CT molecular complexity index is 1610. The van der Waals surface area contributed by atoms with Crippen molar-refractivity contribution in [3.05, 3.63) is 81.3 Å². The van der Waals surface area contributed by atoms with E-state index in [1.165, 1.54) is 58.9 Å². The van der Waals surface area contributed by atoms with Gasteiger partial charge in [-0.15, -0.1) is 0 Å². The molecule has 0 radical (unpaired) electrons. The van der Waals surface area contributed by atoms with Gasteiger partial charge in [-0.25, -0.2) is 22.8 Å².